The van der Waals surface area contributed by atoms with Gasteiger partial charge >= 0.3 is 0 Å². The Labute approximate surface area is 109 Å². The number of hydrogen-bond donors (Lipinski definition) is 1. The van der Waals surface area contributed by atoms with Crippen LogP contribution >= 0.6 is 23.2 Å². The van der Waals surface area contributed by atoms with Gasteiger partial charge in [-0.15, -0.1) is 0 Å². The summed E-state index contributed by atoms with van der Waals surface area (Å²) in [7, 11) is 0. The van der Waals surface area contributed by atoms with Crippen molar-refractivity contribution in [2.24, 2.45) is 0 Å². The lowest BCUT2D eigenvalue weighted by Gasteiger charge is -2.07. The van der Waals surface area contributed by atoms with E-state index in [1.807, 2.05) is 0 Å². The number of para-hydroxylation sites is 1. The van der Waals surface area contributed by atoms with Gasteiger partial charge in [-0.25, -0.2) is 0 Å². The van der Waals surface area contributed by atoms with Crippen LogP contribution in [0.4, 0.5) is 5.69 Å². The maximum Gasteiger partial charge on any atom is 0.196 e. The highest BCUT2D eigenvalue weighted by molar-refractivity contribution is 6.36. The first-order valence-corrected chi connectivity index (χ1v) is 5.70. The second-order valence-corrected chi connectivity index (χ2v) is 4.32. The molecule has 0 aromatic heterocycles. The first-order valence-electron chi connectivity index (χ1n) is 4.94. The van der Waals surface area contributed by atoms with Gasteiger partial charge in [0, 0.05) is 11.1 Å². The predicted molar refractivity (Wildman–Crippen MR) is 70.7 cm³/mol. The molecule has 0 atom stereocenters. The molecule has 0 saturated heterocycles. The Hall–Kier alpha value is -1.51. The van der Waals surface area contributed by atoms with E-state index in [0.717, 1.165) is 0 Å². The van der Waals surface area contributed by atoms with Crippen molar-refractivity contribution >= 4 is 34.7 Å². The monoisotopic (exact) mass is 265 g/mol. The van der Waals surface area contributed by atoms with Crippen molar-refractivity contribution in [3.05, 3.63) is 63.6 Å². The van der Waals surface area contributed by atoms with Crippen LogP contribution in [0.25, 0.3) is 0 Å². The van der Waals surface area contributed by atoms with Gasteiger partial charge in [-0.2, -0.15) is 0 Å². The molecule has 2 aromatic carbocycles. The van der Waals surface area contributed by atoms with E-state index in [1.54, 1.807) is 42.5 Å². The molecular weight excluding hydrogens is 257 g/mol. The first-order chi connectivity index (χ1) is 8.11. The first kappa shape index (κ1) is 12.0. The van der Waals surface area contributed by atoms with Crippen LogP contribution in [-0.4, -0.2) is 5.78 Å². The Bertz CT molecular complexity index is 581. The molecule has 0 aliphatic rings. The molecule has 0 saturated carbocycles. The van der Waals surface area contributed by atoms with Crippen LogP contribution < -0.4 is 5.73 Å². The number of nitrogens with two attached hydrogens (primary N) is 1. The van der Waals surface area contributed by atoms with Gasteiger partial charge in [0.25, 0.3) is 0 Å². The van der Waals surface area contributed by atoms with Crippen LogP contribution in [0.1, 0.15) is 15.9 Å². The molecule has 0 aliphatic heterocycles. The van der Waals surface area contributed by atoms with Crippen molar-refractivity contribution in [2.75, 3.05) is 5.73 Å². The lowest BCUT2D eigenvalue weighted by Crippen LogP contribution is -2.06. The van der Waals surface area contributed by atoms with Crippen LogP contribution in [0, 0.1) is 0 Å². The molecule has 2 aromatic rings. The van der Waals surface area contributed by atoms with E-state index in [9.17, 15) is 4.79 Å². The van der Waals surface area contributed by atoms with Gasteiger partial charge in [0.05, 0.1) is 15.7 Å². The van der Waals surface area contributed by atoms with Crippen molar-refractivity contribution in [3.63, 3.8) is 0 Å². The van der Waals surface area contributed by atoms with Crippen molar-refractivity contribution < 1.29 is 4.79 Å². The van der Waals surface area contributed by atoms with Gasteiger partial charge in [-0.05, 0) is 24.3 Å². The van der Waals surface area contributed by atoms with Crippen molar-refractivity contribution in [1.82, 2.24) is 0 Å². The Morgan fingerprint density at radius 3 is 2.18 bits per heavy atom. The van der Waals surface area contributed by atoms with Crippen LogP contribution in [-0.2, 0) is 0 Å². The molecule has 0 radical (unpaired) electrons. The van der Waals surface area contributed by atoms with E-state index in [4.69, 9.17) is 28.9 Å². The molecular formula is C13H9Cl2NO. The highest BCUT2D eigenvalue weighted by Crippen LogP contribution is 2.26. The van der Waals surface area contributed by atoms with Gasteiger partial charge in [-0.3, -0.25) is 4.79 Å². The fourth-order valence-corrected chi connectivity index (χ4v) is 1.92. The van der Waals surface area contributed by atoms with E-state index in [1.165, 1.54) is 0 Å². The Morgan fingerprint density at radius 2 is 1.47 bits per heavy atom. The molecule has 4 heteroatoms. The van der Waals surface area contributed by atoms with Gasteiger partial charge < -0.3 is 5.73 Å². The van der Waals surface area contributed by atoms with Gasteiger partial charge in [0.1, 0.15) is 0 Å². The second-order valence-electron chi connectivity index (χ2n) is 3.51. The average molecular weight is 266 g/mol. The number of hydrogen-bond acceptors (Lipinski definition) is 2. The van der Waals surface area contributed by atoms with Crippen LogP contribution in [0.3, 0.4) is 0 Å². The molecule has 0 spiro atoms. The molecule has 2 N–H and O–H groups in total. The summed E-state index contributed by atoms with van der Waals surface area (Å²) < 4.78 is 0. The molecule has 0 fully saturated rings. The second kappa shape index (κ2) is 4.78. The molecule has 0 unspecified atom stereocenters. The van der Waals surface area contributed by atoms with E-state index < -0.39 is 0 Å². The van der Waals surface area contributed by atoms with Crippen molar-refractivity contribution in [3.8, 4) is 0 Å². The Balaban J connectivity index is 2.52. The van der Waals surface area contributed by atoms with E-state index in [0.29, 0.717) is 21.2 Å². The zero-order chi connectivity index (χ0) is 12.4. The number of rotatable bonds is 2. The summed E-state index contributed by atoms with van der Waals surface area (Å²) in [5, 5.41) is 0.764. The minimum Gasteiger partial charge on any atom is -0.397 e. The highest BCUT2D eigenvalue weighted by Gasteiger charge is 2.15. The number of ketones is 1. The average Bonchev–Trinajstić information content (AvgIpc) is 2.32. The minimum atomic E-state index is -0.226. The third-order valence-electron chi connectivity index (χ3n) is 2.42. The summed E-state index contributed by atoms with van der Waals surface area (Å²) in [4.78, 5) is 12.2. The zero-order valence-electron chi connectivity index (χ0n) is 8.78. The third-order valence-corrected chi connectivity index (χ3v) is 3.08. The molecule has 0 heterocycles. The van der Waals surface area contributed by atoms with Crippen LogP contribution in [0.5, 0.6) is 0 Å². The summed E-state index contributed by atoms with van der Waals surface area (Å²) in [5.41, 5.74) is 6.84. The summed E-state index contributed by atoms with van der Waals surface area (Å²) >= 11 is 11.8. The van der Waals surface area contributed by atoms with E-state index in [-0.39, 0.29) is 11.5 Å². The van der Waals surface area contributed by atoms with Crippen molar-refractivity contribution in [1.29, 1.82) is 0 Å². The lowest BCUT2D eigenvalue weighted by molar-refractivity contribution is 0.103. The maximum atomic E-state index is 12.2. The molecule has 0 aliphatic carbocycles. The van der Waals surface area contributed by atoms with Gasteiger partial charge in [0.15, 0.2) is 5.78 Å². The third kappa shape index (κ3) is 2.28. The van der Waals surface area contributed by atoms with Crippen LogP contribution in [0.2, 0.25) is 10.0 Å². The highest BCUT2D eigenvalue weighted by atomic mass is 35.5. The molecule has 17 heavy (non-hydrogen) atoms. The van der Waals surface area contributed by atoms with Gasteiger partial charge in [-0.1, -0.05) is 41.4 Å². The number of carbonyl (C=O) groups excluding carboxylic acids is 1. The Kier molecular flexibility index (Phi) is 3.36. The summed E-state index contributed by atoms with van der Waals surface area (Å²) in [6.45, 7) is 0. The summed E-state index contributed by atoms with van der Waals surface area (Å²) in [6.07, 6.45) is 0. The summed E-state index contributed by atoms with van der Waals surface area (Å²) in [5.74, 6) is -0.226. The molecule has 2 rings (SSSR count). The maximum absolute atomic E-state index is 12.2. The predicted octanol–water partition coefficient (Wildman–Crippen LogP) is 3.81. The molecule has 2 nitrogen and oxygen atoms in total. The topological polar surface area (TPSA) is 43.1 Å². The van der Waals surface area contributed by atoms with Gasteiger partial charge in [0.2, 0.25) is 0 Å². The summed E-state index contributed by atoms with van der Waals surface area (Å²) in [6, 6.07) is 11.8. The van der Waals surface area contributed by atoms with E-state index in [2.05, 4.69) is 0 Å². The molecule has 86 valence electrons. The Morgan fingerprint density at radius 1 is 0.882 bits per heavy atom. The molecule has 0 bridgehead atoms. The smallest absolute Gasteiger partial charge is 0.196 e. The van der Waals surface area contributed by atoms with Crippen LogP contribution in [0.15, 0.2) is 42.5 Å². The fourth-order valence-electron chi connectivity index (χ4n) is 1.53. The SMILES string of the molecule is Nc1c(Cl)cccc1C(=O)c1ccccc1Cl. The minimum absolute atomic E-state index is 0.226. The largest absolute Gasteiger partial charge is 0.397 e. The van der Waals surface area contributed by atoms with Crippen molar-refractivity contribution in [2.45, 2.75) is 0 Å². The standard InChI is InChI=1S/C13H9Cl2NO/c14-10-6-2-1-4-8(10)13(17)9-5-3-7-11(15)12(9)16/h1-7H,16H2. The fraction of sp³-hybridized carbons (Fsp3) is 0. The molecule has 0 amide bonds. The number of carbonyl (C=O) groups is 1. The lowest BCUT2D eigenvalue weighted by atomic mass is 10.0. The quantitative estimate of drug-likeness (QED) is 0.663. The number of nitrogen functional groups attached to an aromatic ring is 1. The number of anilines is 1. The zero-order valence-corrected chi connectivity index (χ0v) is 10.3. The number of halogens is 2. The normalized spacial score (nSPS) is 10.2. The van der Waals surface area contributed by atoms with E-state index >= 15 is 0 Å². The number of benzene rings is 2.